The first-order valence-corrected chi connectivity index (χ1v) is 6.39. The maximum Gasteiger partial charge on any atom is 0.0690 e. The van der Waals surface area contributed by atoms with E-state index < -0.39 is 0 Å². The van der Waals surface area contributed by atoms with Crippen LogP contribution in [0.25, 0.3) is 0 Å². The fourth-order valence-corrected chi connectivity index (χ4v) is 2.35. The Morgan fingerprint density at radius 3 is 2.35 bits per heavy atom. The summed E-state index contributed by atoms with van der Waals surface area (Å²) in [4.78, 5) is 2.35. The van der Waals surface area contributed by atoms with Gasteiger partial charge in [0.05, 0.1) is 18.8 Å². The van der Waals surface area contributed by atoms with Crippen molar-refractivity contribution >= 4 is 5.69 Å². The highest BCUT2D eigenvalue weighted by Crippen LogP contribution is 2.38. The van der Waals surface area contributed by atoms with Gasteiger partial charge in [0.1, 0.15) is 0 Å². The van der Waals surface area contributed by atoms with E-state index in [1.807, 2.05) is 0 Å². The van der Waals surface area contributed by atoms with Crippen molar-refractivity contribution in [2.75, 3.05) is 31.2 Å². The zero-order chi connectivity index (χ0) is 11.7. The fraction of sp³-hybridized carbons (Fsp3) is 0.571. The monoisotopic (exact) mass is 233 g/mol. The van der Waals surface area contributed by atoms with Gasteiger partial charge in [0.25, 0.3) is 0 Å². The van der Waals surface area contributed by atoms with Crippen LogP contribution in [0.15, 0.2) is 24.3 Å². The lowest BCUT2D eigenvalue weighted by atomic mass is 10.1. The number of benzene rings is 1. The molecular formula is C14H19NO2. The van der Waals surface area contributed by atoms with Crippen molar-refractivity contribution in [3.8, 4) is 0 Å². The number of morpholine rings is 1. The Morgan fingerprint density at radius 2 is 1.76 bits per heavy atom. The largest absolute Gasteiger partial charge is 0.390 e. The molecule has 0 bridgehead atoms. The average molecular weight is 233 g/mol. The van der Waals surface area contributed by atoms with Gasteiger partial charge in [-0.2, -0.15) is 0 Å². The third-order valence-corrected chi connectivity index (χ3v) is 3.67. The first-order valence-electron chi connectivity index (χ1n) is 6.39. The summed E-state index contributed by atoms with van der Waals surface area (Å²) in [6, 6.07) is 8.60. The minimum Gasteiger partial charge on any atom is -0.390 e. The summed E-state index contributed by atoms with van der Waals surface area (Å²) in [6.07, 6.45) is 2.72. The molecule has 1 aromatic carbocycles. The molecule has 0 atom stereocenters. The van der Waals surface area contributed by atoms with Gasteiger partial charge in [-0.15, -0.1) is 0 Å². The Kier molecular flexibility index (Phi) is 2.81. The number of rotatable bonds is 3. The second kappa shape index (κ2) is 4.31. The van der Waals surface area contributed by atoms with E-state index in [2.05, 4.69) is 29.2 Å². The van der Waals surface area contributed by atoms with Gasteiger partial charge in [-0.3, -0.25) is 0 Å². The first-order chi connectivity index (χ1) is 8.25. The Labute approximate surface area is 102 Å². The van der Waals surface area contributed by atoms with Gasteiger partial charge in [-0.25, -0.2) is 0 Å². The van der Waals surface area contributed by atoms with Crippen molar-refractivity contribution in [1.29, 1.82) is 0 Å². The van der Waals surface area contributed by atoms with E-state index in [4.69, 9.17) is 4.74 Å². The number of ether oxygens (including phenoxy) is 1. The van der Waals surface area contributed by atoms with E-state index in [0.29, 0.717) is 0 Å². The molecule has 3 rings (SSSR count). The van der Waals surface area contributed by atoms with Crippen molar-refractivity contribution in [2.24, 2.45) is 0 Å². The number of aliphatic hydroxyl groups is 1. The third-order valence-electron chi connectivity index (χ3n) is 3.67. The molecule has 0 unspecified atom stereocenters. The molecule has 0 spiro atoms. The molecule has 1 N–H and O–H groups in total. The van der Waals surface area contributed by atoms with Crippen LogP contribution >= 0.6 is 0 Å². The summed E-state index contributed by atoms with van der Waals surface area (Å²) in [7, 11) is 0. The molecule has 1 saturated carbocycles. The van der Waals surface area contributed by atoms with Crippen molar-refractivity contribution in [1.82, 2.24) is 0 Å². The predicted molar refractivity (Wildman–Crippen MR) is 67.4 cm³/mol. The van der Waals surface area contributed by atoms with Crippen LogP contribution in [0.3, 0.4) is 0 Å². The van der Waals surface area contributed by atoms with Crippen LogP contribution in [-0.2, 0) is 11.2 Å². The number of nitrogens with zero attached hydrogens (tertiary/aromatic N) is 1. The molecule has 0 amide bonds. The summed E-state index contributed by atoms with van der Waals surface area (Å²) in [6.45, 7) is 3.59. The molecule has 1 aliphatic heterocycles. The summed E-state index contributed by atoms with van der Waals surface area (Å²) in [5.41, 5.74) is 2.11. The number of hydrogen-bond donors (Lipinski definition) is 1. The Hall–Kier alpha value is -1.06. The third kappa shape index (κ3) is 2.61. The molecule has 1 heterocycles. The molecule has 0 radical (unpaired) electrons. The first kappa shape index (κ1) is 11.1. The molecule has 92 valence electrons. The fourth-order valence-electron chi connectivity index (χ4n) is 2.35. The lowest BCUT2D eigenvalue weighted by Crippen LogP contribution is -2.36. The molecule has 1 aliphatic carbocycles. The normalized spacial score (nSPS) is 22.5. The number of hydrogen-bond acceptors (Lipinski definition) is 3. The Morgan fingerprint density at radius 1 is 1.12 bits per heavy atom. The topological polar surface area (TPSA) is 32.7 Å². The van der Waals surface area contributed by atoms with Crippen molar-refractivity contribution in [3.05, 3.63) is 29.8 Å². The van der Waals surface area contributed by atoms with E-state index in [9.17, 15) is 5.11 Å². The molecule has 1 saturated heterocycles. The minimum absolute atomic E-state index is 0.388. The van der Waals surface area contributed by atoms with Crippen LogP contribution in [-0.4, -0.2) is 37.0 Å². The average Bonchev–Trinajstić information content (AvgIpc) is 3.09. The summed E-state index contributed by atoms with van der Waals surface area (Å²) < 4.78 is 5.34. The van der Waals surface area contributed by atoms with Crippen LogP contribution in [0.1, 0.15) is 18.4 Å². The van der Waals surface area contributed by atoms with Gasteiger partial charge in [0, 0.05) is 25.2 Å². The van der Waals surface area contributed by atoms with Crippen LogP contribution in [0.4, 0.5) is 5.69 Å². The second-order valence-electron chi connectivity index (χ2n) is 5.17. The van der Waals surface area contributed by atoms with Gasteiger partial charge >= 0.3 is 0 Å². The minimum atomic E-state index is -0.388. The maximum absolute atomic E-state index is 9.87. The second-order valence-corrected chi connectivity index (χ2v) is 5.17. The Bertz CT molecular complexity index is 378. The number of anilines is 1. The van der Waals surface area contributed by atoms with E-state index in [1.165, 1.54) is 11.3 Å². The molecule has 3 nitrogen and oxygen atoms in total. The van der Waals surface area contributed by atoms with E-state index in [1.54, 1.807) is 0 Å². The van der Waals surface area contributed by atoms with Gasteiger partial charge < -0.3 is 14.7 Å². The van der Waals surface area contributed by atoms with Gasteiger partial charge in [-0.05, 0) is 30.5 Å². The SMILES string of the molecule is OC1(Cc2ccc(N3CCOCC3)cc2)CC1. The van der Waals surface area contributed by atoms with Crippen LogP contribution < -0.4 is 4.90 Å². The van der Waals surface area contributed by atoms with Crippen molar-refractivity contribution in [3.63, 3.8) is 0 Å². The molecule has 2 fully saturated rings. The smallest absolute Gasteiger partial charge is 0.0690 e. The molecule has 1 aromatic rings. The van der Waals surface area contributed by atoms with Crippen LogP contribution in [0.2, 0.25) is 0 Å². The molecule has 3 heteroatoms. The zero-order valence-corrected chi connectivity index (χ0v) is 10.1. The van der Waals surface area contributed by atoms with Crippen LogP contribution in [0, 0.1) is 0 Å². The van der Waals surface area contributed by atoms with E-state index in [0.717, 1.165) is 45.6 Å². The van der Waals surface area contributed by atoms with Gasteiger partial charge in [-0.1, -0.05) is 12.1 Å². The Balaban J connectivity index is 1.66. The quantitative estimate of drug-likeness (QED) is 0.860. The maximum atomic E-state index is 9.87. The summed E-state index contributed by atoms with van der Waals surface area (Å²) in [5.74, 6) is 0. The summed E-state index contributed by atoms with van der Waals surface area (Å²) in [5, 5.41) is 9.87. The predicted octanol–water partition coefficient (Wildman–Crippen LogP) is 1.59. The van der Waals surface area contributed by atoms with E-state index in [-0.39, 0.29) is 5.60 Å². The molecular weight excluding hydrogens is 214 g/mol. The standard InChI is InChI=1S/C14H19NO2/c16-14(5-6-14)11-12-1-3-13(4-2-12)15-7-9-17-10-8-15/h1-4,16H,5-11H2. The van der Waals surface area contributed by atoms with Gasteiger partial charge in [0.15, 0.2) is 0 Å². The zero-order valence-electron chi connectivity index (χ0n) is 10.1. The lowest BCUT2D eigenvalue weighted by molar-refractivity contribution is 0.122. The highest BCUT2D eigenvalue weighted by molar-refractivity contribution is 5.48. The highest BCUT2D eigenvalue weighted by Gasteiger charge is 2.39. The highest BCUT2D eigenvalue weighted by atomic mass is 16.5. The van der Waals surface area contributed by atoms with Crippen LogP contribution in [0.5, 0.6) is 0 Å². The van der Waals surface area contributed by atoms with Crippen molar-refractivity contribution < 1.29 is 9.84 Å². The molecule has 2 aliphatic rings. The summed E-state index contributed by atoms with van der Waals surface area (Å²) >= 11 is 0. The lowest BCUT2D eigenvalue weighted by Gasteiger charge is -2.29. The van der Waals surface area contributed by atoms with Crippen molar-refractivity contribution in [2.45, 2.75) is 24.9 Å². The van der Waals surface area contributed by atoms with Gasteiger partial charge in [0.2, 0.25) is 0 Å². The molecule has 0 aromatic heterocycles. The molecule has 17 heavy (non-hydrogen) atoms. The van der Waals surface area contributed by atoms with E-state index >= 15 is 0 Å².